The molecule has 4 N–H and O–H groups in total. The molecule has 0 amide bonds. The van der Waals surface area contributed by atoms with Gasteiger partial charge in [-0.1, -0.05) is 0 Å². The Bertz CT molecular complexity index is 38.7. The third kappa shape index (κ3) is 65.7. The van der Waals surface area contributed by atoms with E-state index in [1.807, 2.05) is 0 Å². The first-order chi connectivity index (χ1) is 2.00. The summed E-state index contributed by atoms with van der Waals surface area (Å²) in [6.45, 7) is 0. The molecule has 1 radical (unpaired) electrons. The van der Waals surface area contributed by atoms with Gasteiger partial charge in [0.05, 0.1) is 0 Å². The molecule has 0 aromatic carbocycles. The largest absolute Gasteiger partial charge is 2.00 e. The van der Waals surface area contributed by atoms with Crippen LogP contribution in [-0.2, 0) is 22.4 Å². The molecule has 8 heteroatoms. The van der Waals surface area contributed by atoms with Crippen LogP contribution in [0, 0.1) is 0 Å². The molecule has 0 aliphatic heterocycles. The maximum atomic E-state index is 7.33. The summed E-state index contributed by atoms with van der Waals surface area (Å²) >= 11 is 0. The van der Waals surface area contributed by atoms with Crippen molar-refractivity contribution in [2.75, 3.05) is 0 Å². The van der Waals surface area contributed by atoms with Gasteiger partial charge in [0.1, 0.15) is 0 Å². The topological polar surface area (TPSA) is 80.9 Å². The van der Waals surface area contributed by atoms with Gasteiger partial charge in [0.2, 0.25) is 0 Å². The van der Waals surface area contributed by atoms with Crippen molar-refractivity contribution in [3.63, 3.8) is 0 Å². The predicted octanol–water partition coefficient (Wildman–Crippen LogP) is -3.95. The van der Waals surface area contributed by atoms with Gasteiger partial charge in [-0.3, -0.25) is 0 Å². The van der Waals surface area contributed by atoms with Crippen LogP contribution >= 0.6 is 0 Å². The van der Waals surface area contributed by atoms with Crippen LogP contribution < -0.4 is 0 Å². The molecular weight excluding hydrogens is 430 g/mol. The summed E-state index contributed by atoms with van der Waals surface area (Å²) in [5.74, 6) is 0. The van der Waals surface area contributed by atoms with Crippen molar-refractivity contribution >= 4 is 74.3 Å². The van der Waals surface area contributed by atoms with Gasteiger partial charge in [-0.15, -0.1) is 0 Å². The van der Waals surface area contributed by atoms with Crippen LogP contribution in [0.3, 0.4) is 0 Å². The zero-order valence-electron chi connectivity index (χ0n) is 5.44. The van der Waals surface area contributed by atoms with E-state index >= 15 is 0 Å². The quantitative estimate of drug-likeness (QED) is 0.291. The van der Waals surface area contributed by atoms with Gasteiger partial charge in [-0.2, -0.15) is 0 Å². The second-order valence-electron chi connectivity index (χ2n) is 0.600. The molecule has 0 saturated carbocycles. The number of hydrogen-bond acceptors (Lipinski definition) is 4. The van der Waals surface area contributed by atoms with Crippen LogP contribution in [0.4, 0.5) is 0 Å². The van der Waals surface area contributed by atoms with E-state index in [0.717, 1.165) is 0 Å². The van der Waals surface area contributed by atoms with Gasteiger partial charge in [-0.25, -0.2) is 0 Å². The minimum Gasteiger partial charge on any atom is -1.00 e. The Labute approximate surface area is 117 Å². The van der Waals surface area contributed by atoms with Crippen LogP contribution in [0.25, 0.3) is 0 Å². The van der Waals surface area contributed by atoms with Crippen LogP contribution in [0.2, 0.25) is 0 Å². The first kappa shape index (κ1) is 22.4. The van der Waals surface area contributed by atoms with Gasteiger partial charge < -0.3 is 22.0 Å². The van der Waals surface area contributed by atoms with Crippen LogP contribution in [0.15, 0.2) is 0 Å². The summed E-state index contributed by atoms with van der Waals surface area (Å²) in [5, 5.41) is 0. The van der Waals surface area contributed by atoms with E-state index in [4.69, 9.17) is 19.2 Å². The Hall–Kier alpha value is 2.91. The van der Waals surface area contributed by atoms with Crippen molar-refractivity contribution in [3.05, 3.63) is 0 Å². The molecule has 0 rings (SSSR count). The van der Waals surface area contributed by atoms with E-state index in [-0.39, 0.29) is 90.5 Å². The maximum Gasteiger partial charge on any atom is 2.00 e. The van der Waals surface area contributed by atoms with Crippen molar-refractivity contribution in [2.45, 2.75) is 0 Å². The van der Waals surface area contributed by atoms with Crippen molar-refractivity contribution in [1.29, 1.82) is 0 Å². The van der Waals surface area contributed by atoms with Gasteiger partial charge in [0.25, 0.3) is 0 Å². The number of rotatable bonds is 0. The minimum absolute atomic E-state index is 0. The maximum absolute atomic E-state index is 7.33. The Morgan fingerprint density at radius 1 is 1.00 bits per heavy atom. The second kappa shape index (κ2) is 9.91. The third-order valence-corrected chi connectivity index (χ3v) is 0. The third-order valence-electron chi connectivity index (χ3n) is 0. The predicted molar refractivity (Wildman–Crippen MR) is 32.5 cm³/mol. The van der Waals surface area contributed by atoms with Crippen molar-refractivity contribution in [1.82, 2.24) is 0 Å². The molecule has 0 unspecified atom stereocenters. The summed E-state index contributed by atoms with van der Waals surface area (Å²) in [6, 6.07) is 0. The Balaban J connectivity index is -0.00000000800. The molecule has 0 bridgehead atoms. The van der Waals surface area contributed by atoms with Crippen LogP contribution in [-0.4, -0.2) is 93.5 Å². The Morgan fingerprint density at radius 3 is 1.00 bits per heavy atom. The summed E-state index contributed by atoms with van der Waals surface area (Å²) in [6.07, 6.45) is 0. The molecule has 0 atom stereocenters. The van der Waals surface area contributed by atoms with E-state index in [0.29, 0.717) is 0 Å². The fraction of sp³-hybridized carbons (Fsp3) is 0. The fourth-order valence-corrected chi connectivity index (χ4v) is 0. The molecule has 0 aromatic heterocycles. The van der Waals surface area contributed by atoms with Gasteiger partial charge >= 0.3 is 74.3 Å². The van der Waals surface area contributed by atoms with E-state index in [9.17, 15) is 0 Å². The minimum atomic E-state index is -4.61. The standard InChI is InChI=1S/Ga.H4O4Si.Sr.Ta.5H/c;1-5(2,3)4;;;;;;;/h;1-4H;;;;;;;/q;;+2;;;;;2*-1. The van der Waals surface area contributed by atoms with Crippen LogP contribution in [0.1, 0.15) is 2.85 Å². The summed E-state index contributed by atoms with van der Waals surface area (Å²) in [5.41, 5.74) is 0. The van der Waals surface area contributed by atoms with Crippen LogP contribution in [0.5, 0.6) is 0 Å². The average molecular weight is 439 g/mol. The molecule has 0 aliphatic carbocycles. The molecule has 47 valence electrons. The monoisotopic (exact) mass is 439 g/mol. The number of hydrogen-bond donors (Lipinski definition) is 4. The van der Waals surface area contributed by atoms with E-state index in [1.54, 1.807) is 0 Å². The Kier molecular flexibility index (Phi) is 27.8. The molecule has 0 heterocycles. The summed E-state index contributed by atoms with van der Waals surface area (Å²) < 4.78 is 0. The van der Waals surface area contributed by atoms with E-state index < -0.39 is 9.05 Å². The molecule has 0 fully saturated rings. The van der Waals surface area contributed by atoms with Gasteiger partial charge in [0.15, 0.2) is 0 Å². The normalized spacial score (nSPS) is 7.50. The first-order valence-electron chi connectivity index (χ1n) is 0.894. The van der Waals surface area contributed by atoms with Gasteiger partial charge in [0, 0.05) is 22.4 Å². The molecule has 0 aliphatic rings. The smallest absolute Gasteiger partial charge is 1.00 e. The van der Waals surface area contributed by atoms with Crippen molar-refractivity contribution in [3.8, 4) is 0 Å². The Morgan fingerprint density at radius 2 is 1.00 bits per heavy atom. The van der Waals surface area contributed by atoms with Gasteiger partial charge in [-0.05, 0) is 0 Å². The van der Waals surface area contributed by atoms with Crippen molar-refractivity contribution < 1.29 is 44.4 Å². The van der Waals surface area contributed by atoms with E-state index in [2.05, 4.69) is 0 Å². The molecule has 8 heavy (non-hydrogen) atoms. The fourth-order valence-electron chi connectivity index (χ4n) is 0. The zero-order valence-corrected chi connectivity index (χ0v) is 11.1. The SMILES string of the molecule is O[Si](O)(O)O.[GaH3].[H-].[H-].[Sr+2].[Ta]. The molecule has 0 spiro atoms. The van der Waals surface area contributed by atoms with Crippen molar-refractivity contribution in [2.24, 2.45) is 0 Å². The molecular formula is H9GaO4SiSrTa. The summed E-state index contributed by atoms with van der Waals surface area (Å²) in [4.78, 5) is 29.3. The van der Waals surface area contributed by atoms with E-state index in [1.165, 1.54) is 0 Å². The molecule has 4 nitrogen and oxygen atoms in total. The molecule has 0 saturated heterocycles. The average Bonchev–Trinajstić information content (AvgIpc) is 0.722. The first-order valence-corrected chi connectivity index (χ1v) is 2.68. The molecule has 0 aromatic rings. The zero-order chi connectivity index (χ0) is 4.50. The second-order valence-corrected chi connectivity index (χ2v) is 1.80. The summed E-state index contributed by atoms with van der Waals surface area (Å²) in [7, 11) is -4.61.